The Morgan fingerprint density at radius 2 is 0.765 bits per heavy atom. The van der Waals surface area contributed by atoms with Gasteiger partial charge in [0.05, 0.1) is 26.4 Å². The third kappa shape index (κ3) is 40.8. The number of thiazole rings is 1. The molecule has 14 nitrogen and oxygen atoms in total. The third-order valence-electron chi connectivity index (χ3n) is 20.0. The van der Waals surface area contributed by atoms with Gasteiger partial charge in [0.1, 0.15) is 12.2 Å². The average molecular weight is 1830 g/mol. The lowest BCUT2D eigenvalue weighted by Crippen LogP contribution is -2.14. The zero-order valence-electron chi connectivity index (χ0n) is 86.7. The van der Waals surface area contributed by atoms with Crippen molar-refractivity contribution >= 4 is 65.2 Å². The van der Waals surface area contributed by atoms with Crippen LogP contribution in [0.3, 0.4) is 0 Å². The van der Waals surface area contributed by atoms with Gasteiger partial charge in [0.2, 0.25) is 6.79 Å². The predicted molar refractivity (Wildman–Crippen MR) is 568 cm³/mol. The Bertz CT molecular complexity index is 5180. The van der Waals surface area contributed by atoms with Crippen LogP contribution in [0, 0.1) is 0 Å². The summed E-state index contributed by atoms with van der Waals surface area (Å²) in [5.41, 5.74) is 15.5. The zero-order chi connectivity index (χ0) is 98.8. The number of aromatic nitrogens is 12. The molecule has 0 radical (unpaired) electrons. The van der Waals surface area contributed by atoms with Crippen molar-refractivity contribution in [2.24, 2.45) is 0 Å². The molecule has 16 rings (SSSR count). The summed E-state index contributed by atoms with van der Waals surface area (Å²) in [6.45, 7) is 78.8. The number of nitrogens with zero attached hydrogens (tertiary/aromatic N) is 12. The Labute approximate surface area is 807 Å². The number of hydrogen-bond acceptors (Lipinski definition) is 17. The van der Waals surface area contributed by atoms with Crippen molar-refractivity contribution in [3.63, 3.8) is 0 Å². The molecular formula is C115H156N12O2S3. The van der Waals surface area contributed by atoms with Crippen LogP contribution in [0.1, 0.15) is 316 Å². The van der Waals surface area contributed by atoms with Gasteiger partial charge in [-0.05, 0) is 174 Å². The summed E-state index contributed by atoms with van der Waals surface area (Å²) in [5, 5.41) is 8.25. The quantitative estimate of drug-likeness (QED) is 0.140. The number of thiophene rings is 2. The van der Waals surface area contributed by atoms with Crippen molar-refractivity contribution in [2.45, 2.75) is 314 Å². The first-order valence-electron chi connectivity index (χ1n) is 45.7. The van der Waals surface area contributed by atoms with Gasteiger partial charge in [0, 0.05) is 145 Å². The van der Waals surface area contributed by atoms with E-state index in [2.05, 4.69) is 441 Å². The molecule has 0 unspecified atom stereocenters. The molecule has 17 heteroatoms. The van der Waals surface area contributed by atoms with E-state index < -0.39 is 0 Å². The first-order chi connectivity index (χ1) is 61.1. The van der Waals surface area contributed by atoms with Gasteiger partial charge < -0.3 is 9.47 Å². The molecule has 1 aliphatic rings. The van der Waals surface area contributed by atoms with E-state index in [1.54, 1.807) is 54.8 Å². The molecule has 0 saturated carbocycles. The number of ether oxygens (including phenoxy) is 2. The molecule has 0 fully saturated rings. The monoisotopic (exact) mass is 1830 g/mol. The minimum Gasteiger partial charge on any atom is -0.454 e. The molecule has 706 valence electrons. The summed E-state index contributed by atoms with van der Waals surface area (Å²) >= 11 is 5.46. The van der Waals surface area contributed by atoms with Crippen LogP contribution in [0.2, 0.25) is 0 Å². The molecule has 12 heterocycles. The maximum Gasteiger partial charge on any atom is 0.231 e. The molecule has 4 aromatic carbocycles. The Kier molecular flexibility index (Phi) is 42.2. The van der Waals surface area contributed by atoms with Crippen LogP contribution in [0.4, 0.5) is 0 Å². The fourth-order valence-corrected chi connectivity index (χ4v) is 14.7. The predicted octanol–water partition coefficient (Wildman–Crippen LogP) is 31.9. The van der Waals surface area contributed by atoms with Crippen LogP contribution in [0.25, 0.3) is 31.2 Å². The number of fused-ring (bicyclic) bond motifs is 4. The lowest BCUT2D eigenvalue weighted by molar-refractivity contribution is 0.174. The second kappa shape index (κ2) is 49.9. The van der Waals surface area contributed by atoms with Crippen molar-refractivity contribution in [3.05, 3.63) is 346 Å². The molecule has 0 spiro atoms. The Hall–Kier alpha value is -10.7. The van der Waals surface area contributed by atoms with E-state index in [-0.39, 0.29) is 59.6 Å². The zero-order valence-corrected chi connectivity index (χ0v) is 89.1. The molecule has 0 N–H and O–H groups in total. The largest absolute Gasteiger partial charge is 0.454 e. The van der Waals surface area contributed by atoms with E-state index in [0.717, 1.165) is 51.1 Å². The summed E-state index contributed by atoms with van der Waals surface area (Å²) in [6.07, 6.45) is 25.1. The molecule has 0 amide bonds. The van der Waals surface area contributed by atoms with Crippen LogP contribution < -0.4 is 9.47 Å². The van der Waals surface area contributed by atoms with E-state index >= 15 is 0 Å². The number of benzene rings is 4. The van der Waals surface area contributed by atoms with Crippen molar-refractivity contribution in [1.29, 1.82) is 0 Å². The SMILES string of the molecule is CC(C)(C)c1ccc2c(c1)OCO2.CC(C)(C)c1ccc2ccccc2n1.CC(C)(C)c1ccccn1.CC(C)(C)c1ccccn1.CC(C)(C)c1cccnc1.CC(C)(C)c1cccs1.CC(C)(C)c1ccncc1.CC(C)(C)c1cnccn1.CC(C)(C)c1cncnc1.CC(C)(C)c1csc2ccccc12.CC(C)(C)c1nc2ccccc2s1.CC(C)(C)c1ncccn1. The number of rotatable bonds is 0. The van der Waals surface area contributed by atoms with Crippen LogP contribution in [0.15, 0.2) is 280 Å². The highest BCUT2D eigenvalue weighted by Crippen LogP contribution is 2.38. The minimum absolute atomic E-state index is 0.0707. The standard InChI is InChI=1S/C13H15N.C12H14S.C11H13NS.C11H14O2.4C9H13N.3C8H12N2.C8H12S/c1-13(2,3)12-9-8-10-6-4-5-7-11(10)14-12;1-12(2,3)10-8-13-11-7-5-4-6-9(10)11;1-11(2,3)10-12-8-6-4-5-7-9(8)13-10;1-11(2,3)8-4-5-9-10(6-8)13-7-12-9;1-9(2,3)8-4-6-10-7-5-8;1-9(2,3)8-5-4-6-10-7-8;2*1-9(2,3)8-6-4-5-7-10-8;1-8(2,3)7-4-9-6-10-5-7;1-8(2,3)7-6-9-4-5-10-7;1-8(2,3)7-9-5-4-6-10-7;1-8(2,3)7-5-4-6-9-7/h4-9H,1-3H3;4-8H,1-3H3;4-7H,1-3H3;4-6H,7H2,1-3H3;4*4-7H,1-3H3;3*4-6H,1-3H3;4-6H,1-3H3. The van der Waals surface area contributed by atoms with Gasteiger partial charge in [-0.1, -0.05) is 334 Å². The number of para-hydroxylation sites is 2. The van der Waals surface area contributed by atoms with Crippen molar-refractivity contribution in [2.75, 3.05) is 6.79 Å². The van der Waals surface area contributed by atoms with E-state index in [9.17, 15) is 0 Å². The third-order valence-corrected chi connectivity index (χ3v) is 23.7. The van der Waals surface area contributed by atoms with Gasteiger partial charge in [-0.15, -0.1) is 34.0 Å². The van der Waals surface area contributed by atoms with Crippen LogP contribution in [0.5, 0.6) is 11.5 Å². The topological polar surface area (TPSA) is 173 Å². The fourth-order valence-electron chi connectivity index (χ4n) is 11.6. The molecule has 11 aromatic heterocycles. The first kappa shape index (κ1) is 112. The molecule has 0 saturated heterocycles. The van der Waals surface area contributed by atoms with Gasteiger partial charge >= 0.3 is 0 Å². The summed E-state index contributed by atoms with van der Waals surface area (Å²) in [7, 11) is 0. The lowest BCUT2D eigenvalue weighted by atomic mass is 9.87. The van der Waals surface area contributed by atoms with Gasteiger partial charge in [-0.2, -0.15) is 0 Å². The van der Waals surface area contributed by atoms with Gasteiger partial charge in [0.15, 0.2) is 11.5 Å². The van der Waals surface area contributed by atoms with Crippen molar-refractivity contribution in [3.8, 4) is 11.5 Å². The summed E-state index contributed by atoms with van der Waals surface area (Å²) in [5.74, 6) is 2.62. The normalized spacial score (nSPS) is 12.0. The highest BCUT2D eigenvalue weighted by Gasteiger charge is 2.24. The first-order valence-corrected chi connectivity index (χ1v) is 48.3. The summed E-state index contributed by atoms with van der Waals surface area (Å²) < 4.78 is 13.2. The van der Waals surface area contributed by atoms with E-state index in [1.807, 2.05) is 127 Å². The molecule has 0 atom stereocenters. The molecule has 0 aliphatic carbocycles. The molecule has 15 aromatic rings. The maximum absolute atomic E-state index is 5.31. The number of pyridine rings is 5. The maximum atomic E-state index is 5.31. The minimum atomic E-state index is 0.0707. The Morgan fingerprint density at radius 3 is 1.17 bits per heavy atom. The number of hydrogen-bond donors (Lipinski definition) is 0. The van der Waals surface area contributed by atoms with Crippen molar-refractivity contribution < 1.29 is 9.47 Å². The molecule has 0 bridgehead atoms. The lowest BCUT2D eigenvalue weighted by Gasteiger charge is -2.18. The van der Waals surface area contributed by atoms with Crippen LogP contribution >= 0.6 is 34.0 Å². The summed E-state index contributed by atoms with van der Waals surface area (Å²) in [6, 6.07) is 61.9. The Balaban J connectivity index is 0.000000255. The van der Waals surface area contributed by atoms with Gasteiger partial charge in [-0.3, -0.25) is 34.9 Å². The van der Waals surface area contributed by atoms with Crippen molar-refractivity contribution in [1.82, 2.24) is 59.8 Å². The van der Waals surface area contributed by atoms with Gasteiger partial charge in [0.25, 0.3) is 0 Å². The average Bonchev–Trinajstić information content (AvgIpc) is 1.57. The summed E-state index contributed by atoms with van der Waals surface area (Å²) in [4.78, 5) is 51.6. The molecule has 132 heavy (non-hydrogen) atoms. The van der Waals surface area contributed by atoms with E-state index in [1.165, 1.54) is 57.9 Å². The fraction of sp³-hybridized carbons (Fsp3) is 0.426. The highest BCUT2D eigenvalue weighted by molar-refractivity contribution is 7.18. The Morgan fingerprint density at radius 1 is 0.273 bits per heavy atom. The highest BCUT2D eigenvalue weighted by atomic mass is 32.1. The van der Waals surface area contributed by atoms with Crippen LogP contribution in [-0.4, -0.2) is 66.6 Å². The van der Waals surface area contributed by atoms with Crippen LogP contribution in [-0.2, 0) is 65.0 Å². The van der Waals surface area contributed by atoms with E-state index in [4.69, 9.17) is 9.47 Å². The van der Waals surface area contributed by atoms with Gasteiger partial charge in [-0.25, -0.2) is 24.9 Å². The van der Waals surface area contributed by atoms with E-state index in [0.29, 0.717) is 12.2 Å². The molecule has 1 aliphatic heterocycles. The second-order valence-electron chi connectivity index (χ2n) is 44.8. The second-order valence-corrected chi connectivity index (χ2v) is 47.7. The molecular weight excluding hydrogens is 1680 g/mol. The smallest absolute Gasteiger partial charge is 0.231 e.